The monoisotopic (exact) mass is 465 g/mol. The van der Waals surface area contributed by atoms with Gasteiger partial charge in [0.15, 0.2) is 5.82 Å². The van der Waals surface area contributed by atoms with Gasteiger partial charge < -0.3 is 25.0 Å². The van der Waals surface area contributed by atoms with Crippen molar-refractivity contribution in [3.05, 3.63) is 29.5 Å². The molecule has 1 amide bonds. The maximum atomic E-state index is 13.1. The largest absolute Gasteiger partial charge is 0.485 e. The van der Waals surface area contributed by atoms with Crippen LogP contribution in [0.1, 0.15) is 68.8 Å². The maximum absolute atomic E-state index is 13.1. The zero-order chi connectivity index (χ0) is 24.2. The molecule has 0 saturated heterocycles. The molecule has 1 saturated carbocycles. The van der Waals surface area contributed by atoms with Gasteiger partial charge in [0.05, 0.1) is 17.4 Å². The Balaban J connectivity index is 1.55. The van der Waals surface area contributed by atoms with Crippen molar-refractivity contribution in [1.29, 1.82) is 0 Å². The van der Waals surface area contributed by atoms with Crippen LogP contribution < -0.4 is 19.9 Å². The summed E-state index contributed by atoms with van der Waals surface area (Å²) >= 11 is 0. The molecule has 1 aliphatic carbocycles. The van der Waals surface area contributed by atoms with Crippen LogP contribution in [-0.4, -0.2) is 51.7 Å². The van der Waals surface area contributed by atoms with E-state index in [0.717, 1.165) is 31.5 Å². The molecule has 0 spiro atoms. The Kier molecular flexibility index (Phi) is 5.37. The van der Waals surface area contributed by atoms with Gasteiger partial charge in [0.1, 0.15) is 23.1 Å². The van der Waals surface area contributed by atoms with Crippen LogP contribution in [0.4, 0.5) is 23.1 Å². The third-order valence-corrected chi connectivity index (χ3v) is 7.13. The van der Waals surface area contributed by atoms with E-state index in [1.807, 2.05) is 20.8 Å². The lowest BCUT2D eigenvalue weighted by Gasteiger charge is -2.43. The van der Waals surface area contributed by atoms with E-state index in [2.05, 4.69) is 15.2 Å². The second-order valence-corrected chi connectivity index (χ2v) is 10.0. The van der Waals surface area contributed by atoms with Crippen LogP contribution in [0.3, 0.4) is 0 Å². The number of anilines is 4. The van der Waals surface area contributed by atoms with Gasteiger partial charge in [0.25, 0.3) is 0 Å². The molecule has 9 nitrogen and oxygen atoms in total. The van der Waals surface area contributed by atoms with Crippen LogP contribution in [0.5, 0.6) is 5.75 Å². The van der Waals surface area contributed by atoms with Gasteiger partial charge in [-0.2, -0.15) is 4.98 Å². The smallest absolute Gasteiger partial charge is 0.336 e. The molecule has 1 aromatic carbocycles. The third kappa shape index (κ3) is 3.63. The number of ether oxygens (including phenoxy) is 1. The number of nitrogens with one attached hydrogen (secondary N) is 1. The molecule has 34 heavy (non-hydrogen) atoms. The Labute approximate surface area is 199 Å². The molecule has 2 N–H and O–H groups in total. The van der Waals surface area contributed by atoms with E-state index in [1.165, 1.54) is 0 Å². The first-order valence-corrected chi connectivity index (χ1v) is 12.0. The first-order valence-electron chi connectivity index (χ1n) is 12.0. The molecule has 1 fully saturated rings. The summed E-state index contributed by atoms with van der Waals surface area (Å²) in [6.45, 7) is 5.92. The predicted molar refractivity (Wildman–Crippen MR) is 129 cm³/mol. The van der Waals surface area contributed by atoms with Gasteiger partial charge in [-0.25, -0.2) is 9.78 Å². The van der Waals surface area contributed by atoms with E-state index in [4.69, 9.17) is 9.72 Å². The summed E-state index contributed by atoms with van der Waals surface area (Å²) in [6, 6.07) is 3.34. The van der Waals surface area contributed by atoms with Gasteiger partial charge in [-0.1, -0.05) is 19.8 Å². The van der Waals surface area contributed by atoms with Crippen molar-refractivity contribution in [2.75, 3.05) is 22.2 Å². The molecule has 5 rings (SSSR count). The fraction of sp³-hybridized carbons (Fsp3) is 0.520. The van der Waals surface area contributed by atoms with Gasteiger partial charge in [-0.3, -0.25) is 4.79 Å². The van der Waals surface area contributed by atoms with Gasteiger partial charge in [0.2, 0.25) is 11.9 Å². The second-order valence-electron chi connectivity index (χ2n) is 10.0. The standard InChI is InChI=1S/C25H31N5O4/c1-5-18-22(31)29(4)19-13-26-24(28-21(19)30(18)14-8-6-7-9-14)27-17-11-10-15(23(32)33)16-12-25(2,3)34-20(16)17/h10-11,13-14,18H,5-9,12H2,1-4H3,(H,32,33)(H,26,27,28). The van der Waals surface area contributed by atoms with Crippen LogP contribution in [0.15, 0.2) is 18.3 Å². The number of carboxylic acids is 1. The van der Waals surface area contributed by atoms with Crippen molar-refractivity contribution >= 4 is 35.0 Å². The molecule has 1 unspecified atom stereocenters. The summed E-state index contributed by atoms with van der Waals surface area (Å²) in [4.78, 5) is 38.1. The number of hydrogen-bond donors (Lipinski definition) is 2. The lowest BCUT2D eigenvalue weighted by Crippen LogP contribution is -2.55. The van der Waals surface area contributed by atoms with Gasteiger partial charge in [-0.15, -0.1) is 0 Å². The average molecular weight is 466 g/mol. The first kappa shape index (κ1) is 22.4. The molecule has 180 valence electrons. The predicted octanol–water partition coefficient (Wildman–Crippen LogP) is 4.14. The number of carbonyl (C=O) groups is 2. The molecule has 1 aromatic heterocycles. The molecule has 2 aromatic rings. The molecule has 1 atom stereocenters. The molecule has 3 aliphatic rings. The molecule has 0 radical (unpaired) electrons. The molecule has 3 heterocycles. The number of carbonyl (C=O) groups excluding carboxylic acids is 1. The summed E-state index contributed by atoms with van der Waals surface area (Å²) in [7, 11) is 1.78. The number of hydrogen-bond acceptors (Lipinski definition) is 7. The summed E-state index contributed by atoms with van der Waals surface area (Å²) in [5.41, 5.74) is 1.75. The lowest BCUT2D eigenvalue weighted by atomic mass is 9.97. The van der Waals surface area contributed by atoms with Crippen LogP contribution in [0.25, 0.3) is 0 Å². The quantitative estimate of drug-likeness (QED) is 0.679. The van der Waals surface area contributed by atoms with E-state index in [1.54, 1.807) is 30.3 Å². The number of rotatable bonds is 5. The fourth-order valence-electron chi connectivity index (χ4n) is 5.52. The van der Waals surface area contributed by atoms with E-state index >= 15 is 0 Å². The van der Waals surface area contributed by atoms with Crippen molar-refractivity contribution in [3.8, 4) is 5.75 Å². The average Bonchev–Trinajstić information content (AvgIpc) is 3.43. The van der Waals surface area contributed by atoms with Crippen molar-refractivity contribution in [1.82, 2.24) is 9.97 Å². The SMILES string of the molecule is CCC1C(=O)N(C)c2cnc(Nc3ccc(C(=O)O)c4c3OC(C)(C)C4)nc2N1C1CCCC1. The zero-order valence-electron chi connectivity index (χ0n) is 20.1. The van der Waals surface area contributed by atoms with Crippen molar-refractivity contribution in [3.63, 3.8) is 0 Å². The highest BCUT2D eigenvalue weighted by atomic mass is 16.5. The fourth-order valence-corrected chi connectivity index (χ4v) is 5.52. The highest BCUT2D eigenvalue weighted by Gasteiger charge is 2.41. The van der Waals surface area contributed by atoms with E-state index in [9.17, 15) is 14.7 Å². The van der Waals surface area contributed by atoms with Crippen molar-refractivity contribution < 1.29 is 19.4 Å². The zero-order valence-corrected chi connectivity index (χ0v) is 20.1. The maximum Gasteiger partial charge on any atom is 0.336 e. The Bertz CT molecular complexity index is 1160. The Morgan fingerprint density at radius 3 is 2.71 bits per heavy atom. The number of benzene rings is 1. The minimum absolute atomic E-state index is 0.0731. The number of amides is 1. The first-order chi connectivity index (χ1) is 16.2. The number of nitrogens with zero attached hydrogens (tertiary/aromatic N) is 4. The number of carboxylic acid groups (broad SMARTS) is 1. The van der Waals surface area contributed by atoms with Gasteiger partial charge in [-0.05, 0) is 45.2 Å². The highest BCUT2D eigenvalue weighted by molar-refractivity contribution is 6.04. The molecule has 0 bridgehead atoms. The summed E-state index contributed by atoms with van der Waals surface area (Å²) < 4.78 is 6.12. The number of likely N-dealkylation sites (N-methyl/N-ethyl adjacent to an activating group) is 1. The summed E-state index contributed by atoms with van der Waals surface area (Å²) in [5.74, 6) is 0.775. The number of aromatic carboxylic acids is 1. The van der Waals surface area contributed by atoms with Crippen molar-refractivity contribution in [2.24, 2.45) is 0 Å². The normalized spacial score (nSPS) is 21.3. The summed E-state index contributed by atoms with van der Waals surface area (Å²) in [6.07, 6.45) is 7.31. The summed E-state index contributed by atoms with van der Waals surface area (Å²) in [5, 5.41) is 12.9. The van der Waals surface area contributed by atoms with Crippen LogP contribution >= 0.6 is 0 Å². The molecule has 9 heteroatoms. The minimum Gasteiger partial charge on any atom is -0.485 e. The second kappa shape index (κ2) is 8.14. The van der Waals surface area contributed by atoms with E-state index in [-0.39, 0.29) is 23.6 Å². The van der Waals surface area contributed by atoms with E-state index in [0.29, 0.717) is 41.5 Å². The van der Waals surface area contributed by atoms with E-state index < -0.39 is 11.6 Å². The van der Waals surface area contributed by atoms with Crippen LogP contribution in [0, 0.1) is 0 Å². The highest BCUT2D eigenvalue weighted by Crippen LogP contribution is 2.44. The molecule has 2 aliphatic heterocycles. The Hall–Kier alpha value is -3.36. The number of fused-ring (bicyclic) bond motifs is 2. The Morgan fingerprint density at radius 1 is 1.29 bits per heavy atom. The topological polar surface area (TPSA) is 108 Å². The molecular formula is C25H31N5O4. The third-order valence-electron chi connectivity index (χ3n) is 7.13. The lowest BCUT2D eigenvalue weighted by molar-refractivity contribution is -0.120. The number of aromatic nitrogens is 2. The van der Waals surface area contributed by atoms with Crippen LogP contribution in [0.2, 0.25) is 0 Å². The minimum atomic E-state index is -0.973. The van der Waals surface area contributed by atoms with Crippen molar-refractivity contribution in [2.45, 2.75) is 77.0 Å². The Morgan fingerprint density at radius 2 is 2.03 bits per heavy atom. The van der Waals surface area contributed by atoms with Gasteiger partial charge >= 0.3 is 5.97 Å². The van der Waals surface area contributed by atoms with Gasteiger partial charge in [0, 0.05) is 25.1 Å². The van der Waals surface area contributed by atoms with Crippen LogP contribution in [-0.2, 0) is 11.2 Å². The molecular weight excluding hydrogens is 434 g/mol.